The number of benzene rings is 2. The highest BCUT2D eigenvalue weighted by Crippen LogP contribution is 2.29. The van der Waals surface area contributed by atoms with Crippen LogP contribution >= 0.6 is 0 Å². The molecular weight excluding hydrogens is 368 g/mol. The summed E-state index contributed by atoms with van der Waals surface area (Å²) in [7, 11) is 1.59. The highest BCUT2D eigenvalue weighted by Gasteiger charge is 2.20. The fourth-order valence-corrected chi connectivity index (χ4v) is 3.97. The first kappa shape index (κ1) is 19.4. The quantitative estimate of drug-likeness (QED) is 0.207. The summed E-state index contributed by atoms with van der Waals surface area (Å²) in [5.74, 6) is 0.651. The highest BCUT2D eigenvalue weighted by atomic mass is 16.5. The molecule has 0 fully saturated rings. The van der Waals surface area contributed by atoms with Crippen molar-refractivity contribution in [3.05, 3.63) is 46.9 Å². The van der Waals surface area contributed by atoms with Crippen molar-refractivity contribution in [3.8, 4) is 5.75 Å². The molecule has 4 aromatic rings. The van der Waals surface area contributed by atoms with Gasteiger partial charge in [-0.15, -0.1) is 0 Å². The summed E-state index contributed by atoms with van der Waals surface area (Å²) in [4.78, 5) is 17.9. The van der Waals surface area contributed by atoms with Crippen molar-refractivity contribution in [3.63, 3.8) is 0 Å². The maximum absolute atomic E-state index is 13.4. The van der Waals surface area contributed by atoms with Gasteiger partial charge in [0.05, 0.1) is 34.4 Å². The molecule has 0 aliphatic carbocycles. The van der Waals surface area contributed by atoms with Crippen molar-refractivity contribution < 1.29 is 14.6 Å². The summed E-state index contributed by atoms with van der Waals surface area (Å²) >= 11 is 0. The van der Waals surface area contributed by atoms with Gasteiger partial charge in [-0.05, 0) is 44.2 Å². The Morgan fingerprint density at radius 1 is 1.21 bits per heavy atom. The molecule has 0 saturated carbocycles. The molecule has 0 unspecified atom stereocenters. The molecule has 29 heavy (non-hydrogen) atoms. The van der Waals surface area contributed by atoms with Crippen LogP contribution in [-0.4, -0.2) is 52.5 Å². The zero-order valence-electron chi connectivity index (χ0n) is 17.1. The van der Waals surface area contributed by atoms with E-state index in [1.165, 1.54) is 0 Å². The molecule has 0 saturated heterocycles. The molecule has 0 bridgehead atoms. The summed E-state index contributed by atoms with van der Waals surface area (Å²) < 4.78 is 7.35. The summed E-state index contributed by atoms with van der Waals surface area (Å²) in [6, 6.07) is 9.38. The van der Waals surface area contributed by atoms with Crippen LogP contribution in [0.25, 0.3) is 27.3 Å². The molecule has 7 nitrogen and oxygen atoms in total. The van der Waals surface area contributed by atoms with Gasteiger partial charge in [0, 0.05) is 18.7 Å². The maximum atomic E-state index is 13.4. The minimum absolute atomic E-state index is 0.0330. The van der Waals surface area contributed by atoms with Gasteiger partial charge in [-0.1, -0.05) is 0 Å². The number of hydroxylamine groups is 3. The van der Waals surface area contributed by atoms with Gasteiger partial charge >= 0.3 is 0 Å². The van der Waals surface area contributed by atoms with E-state index in [0.29, 0.717) is 42.7 Å². The number of imidazole rings is 1. The van der Waals surface area contributed by atoms with Crippen LogP contribution in [0, 0.1) is 0 Å². The lowest BCUT2D eigenvalue weighted by Gasteiger charge is -2.27. The van der Waals surface area contributed by atoms with Crippen LogP contribution in [0.2, 0.25) is 0 Å². The van der Waals surface area contributed by atoms with Gasteiger partial charge in [-0.2, -0.15) is 4.65 Å². The van der Waals surface area contributed by atoms with Crippen molar-refractivity contribution in [2.75, 3.05) is 38.6 Å². The summed E-state index contributed by atoms with van der Waals surface area (Å²) in [5.41, 5.74) is 3.20. The standard InChI is InChI=1S/C22H26N4O3/c1-4-26(28,5-2)12-6-11-23-17-8-9-18-21-20(17)22(27)16-13-15(29-3)7-10-19(16)25(21)14-24-18/h7-10,13-14,28H,4-6,11-12H2,1-3H3/p+1. The third-order valence-corrected chi connectivity index (χ3v) is 5.89. The molecule has 2 aromatic heterocycles. The van der Waals surface area contributed by atoms with E-state index < -0.39 is 0 Å². The van der Waals surface area contributed by atoms with Crippen molar-refractivity contribution >= 4 is 33.0 Å². The molecule has 2 heterocycles. The third kappa shape index (κ3) is 3.26. The molecule has 2 aromatic carbocycles. The van der Waals surface area contributed by atoms with Gasteiger partial charge in [0.25, 0.3) is 0 Å². The number of methoxy groups -OCH3 is 1. The summed E-state index contributed by atoms with van der Waals surface area (Å²) in [6.07, 6.45) is 2.56. The number of anilines is 1. The van der Waals surface area contributed by atoms with E-state index in [1.54, 1.807) is 19.5 Å². The second kappa shape index (κ2) is 7.50. The van der Waals surface area contributed by atoms with Crippen LogP contribution in [0.5, 0.6) is 5.75 Å². The zero-order valence-corrected chi connectivity index (χ0v) is 17.1. The van der Waals surface area contributed by atoms with Gasteiger partial charge in [0.1, 0.15) is 31.7 Å². The van der Waals surface area contributed by atoms with Crippen molar-refractivity contribution in [2.24, 2.45) is 0 Å². The fourth-order valence-electron chi connectivity index (χ4n) is 3.97. The maximum Gasteiger partial charge on any atom is 0.199 e. The van der Waals surface area contributed by atoms with Crippen molar-refractivity contribution in [1.29, 1.82) is 0 Å². The first-order valence-corrected chi connectivity index (χ1v) is 10.1. The van der Waals surface area contributed by atoms with Crippen LogP contribution < -0.4 is 15.5 Å². The lowest BCUT2D eigenvalue weighted by Crippen LogP contribution is -2.45. The normalized spacial score (nSPS) is 12.3. The zero-order chi connectivity index (χ0) is 20.6. The predicted molar refractivity (Wildman–Crippen MR) is 115 cm³/mol. The van der Waals surface area contributed by atoms with Crippen LogP contribution in [-0.2, 0) is 0 Å². The molecule has 0 radical (unpaired) electrons. The van der Waals surface area contributed by atoms with Crippen LogP contribution in [0.4, 0.5) is 5.69 Å². The molecule has 0 amide bonds. The molecular formula is C22H27N4O3+. The Bertz CT molecular complexity index is 1210. The molecule has 0 aliphatic rings. The van der Waals surface area contributed by atoms with E-state index in [9.17, 15) is 10.0 Å². The molecule has 152 valence electrons. The van der Waals surface area contributed by atoms with Gasteiger partial charge in [-0.3, -0.25) is 9.20 Å². The van der Waals surface area contributed by atoms with Gasteiger partial charge in [0.15, 0.2) is 5.43 Å². The molecule has 2 N–H and O–H groups in total. The number of pyridine rings is 1. The average Bonchev–Trinajstić information content (AvgIpc) is 3.19. The van der Waals surface area contributed by atoms with Crippen LogP contribution in [0.1, 0.15) is 20.3 Å². The van der Waals surface area contributed by atoms with E-state index in [2.05, 4.69) is 10.3 Å². The second-order valence-corrected chi connectivity index (χ2v) is 7.41. The number of rotatable bonds is 8. The van der Waals surface area contributed by atoms with Gasteiger partial charge in [0.2, 0.25) is 0 Å². The number of nitrogens with one attached hydrogen (secondary N) is 1. The lowest BCUT2D eigenvalue weighted by atomic mass is 10.1. The van der Waals surface area contributed by atoms with Crippen molar-refractivity contribution in [1.82, 2.24) is 9.38 Å². The number of aromatic nitrogens is 2. The first-order chi connectivity index (χ1) is 14.0. The average molecular weight is 395 g/mol. The molecule has 0 atom stereocenters. The van der Waals surface area contributed by atoms with E-state index in [1.807, 2.05) is 42.5 Å². The largest absolute Gasteiger partial charge is 0.497 e. The number of nitrogens with zero attached hydrogens (tertiary/aromatic N) is 3. The number of ether oxygens (including phenoxy) is 1. The Labute approximate surface area is 169 Å². The minimum atomic E-state index is -0.0330. The molecule has 4 rings (SSSR count). The highest BCUT2D eigenvalue weighted by molar-refractivity contribution is 6.07. The van der Waals surface area contributed by atoms with E-state index in [-0.39, 0.29) is 10.1 Å². The SMILES string of the molecule is CC[N+](O)(CC)CCCNc1ccc2ncn3c4ccc(OC)cc4c(=O)c1c23. The Morgan fingerprint density at radius 2 is 2.00 bits per heavy atom. The Kier molecular flexibility index (Phi) is 5.02. The monoisotopic (exact) mass is 395 g/mol. The van der Waals surface area contributed by atoms with E-state index >= 15 is 0 Å². The summed E-state index contributed by atoms with van der Waals surface area (Å²) in [5, 5.41) is 15.1. The topological polar surface area (TPSA) is 75.9 Å². The number of hydrogen-bond acceptors (Lipinski definition) is 5. The second-order valence-electron chi connectivity index (χ2n) is 7.41. The molecule has 7 heteroatoms. The van der Waals surface area contributed by atoms with Gasteiger partial charge in [-0.25, -0.2) is 10.2 Å². The van der Waals surface area contributed by atoms with Gasteiger partial charge < -0.3 is 10.1 Å². The lowest BCUT2D eigenvalue weighted by molar-refractivity contribution is -1.10. The Hall–Kier alpha value is -2.90. The van der Waals surface area contributed by atoms with Crippen LogP contribution in [0.3, 0.4) is 0 Å². The van der Waals surface area contributed by atoms with Crippen LogP contribution in [0.15, 0.2) is 41.5 Å². The number of fused-ring (bicyclic) bond motifs is 2. The Balaban J connectivity index is 1.75. The molecule has 0 spiro atoms. The van der Waals surface area contributed by atoms with E-state index in [0.717, 1.165) is 28.7 Å². The summed E-state index contributed by atoms with van der Waals surface area (Å²) in [6.45, 7) is 6.68. The minimum Gasteiger partial charge on any atom is -0.497 e. The fraction of sp³-hybridized carbons (Fsp3) is 0.364. The van der Waals surface area contributed by atoms with E-state index in [4.69, 9.17) is 4.74 Å². The number of hydrogen-bond donors (Lipinski definition) is 2. The smallest absolute Gasteiger partial charge is 0.199 e. The first-order valence-electron chi connectivity index (χ1n) is 10.1. The Morgan fingerprint density at radius 3 is 2.72 bits per heavy atom. The molecule has 0 aliphatic heterocycles. The predicted octanol–water partition coefficient (Wildman–Crippen LogP) is 3.50. The van der Waals surface area contributed by atoms with Crippen molar-refractivity contribution in [2.45, 2.75) is 20.3 Å². The number of quaternary nitrogens is 1. The third-order valence-electron chi connectivity index (χ3n) is 5.89.